The van der Waals surface area contributed by atoms with E-state index in [0.717, 1.165) is 55.4 Å². The number of nitriles is 1. The van der Waals surface area contributed by atoms with Crippen molar-refractivity contribution in [3.63, 3.8) is 0 Å². The molecule has 2 aromatic heterocycles. The van der Waals surface area contributed by atoms with Crippen molar-refractivity contribution < 1.29 is 14.6 Å². The summed E-state index contributed by atoms with van der Waals surface area (Å²) < 4.78 is 9.39. The zero-order valence-corrected chi connectivity index (χ0v) is 19.3. The first-order valence-corrected chi connectivity index (χ1v) is 11.1. The number of aromatic hydroxyl groups is 1. The van der Waals surface area contributed by atoms with Crippen molar-refractivity contribution in [2.45, 2.75) is 20.4 Å². The maximum absolute atomic E-state index is 13.3. The van der Waals surface area contributed by atoms with E-state index in [-0.39, 0.29) is 11.7 Å². The topological polar surface area (TPSA) is 95.5 Å². The quantitative estimate of drug-likeness (QED) is 0.566. The summed E-state index contributed by atoms with van der Waals surface area (Å²) in [6.45, 7) is 8.73. The average molecular weight is 448 g/mol. The Hall–Kier alpha value is -3.54. The van der Waals surface area contributed by atoms with Crippen molar-refractivity contribution in [2.75, 3.05) is 38.2 Å². The summed E-state index contributed by atoms with van der Waals surface area (Å²) in [5, 5.41) is 22.2. The molecule has 0 spiro atoms. The summed E-state index contributed by atoms with van der Waals surface area (Å²) in [5.41, 5.74) is 5.23. The zero-order valence-electron chi connectivity index (χ0n) is 19.3. The van der Waals surface area contributed by atoms with E-state index in [9.17, 15) is 15.2 Å². The number of morpholine rings is 1. The third kappa shape index (κ3) is 4.65. The first-order valence-electron chi connectivity index (χ1n) is 11.1. The van der Waals surface area contributed by atoms with Gasteiger partial charge in [-0.1, -0.05) is 0 Å². The molecule has 8 nitrogen and oxygen atoms in total. The van der Waals surface area contributed by atoms with Crippen LogP contribution in [0.4, 0.5) is 5.69 Å². The Morgan fingerprint density at radius 2 is 1.82 bits per heavy atom. The van der Waals surface area contributed by atoms with E-state index in [4.69, 9.17) is 4.74 Å². The van der Waals surface area contributed by atoms with Crippen LogP contribution in [0.15, 0.2) is 36.5 Å². The van der Waals surface area contributed by atoms with E-state index in [0.29, 0.717) is 23.5 Å². The second-order valence-corrected chi connectivity index (χ2v) is 8.36. The fourth-order valence-corrected chi connectivity index (χ4v) is 4.32. The van der Waals surface area contributed by atoms with E-state index >= 15 is 0 Å². The van der Waals surface area contributed by atoms with E-state index in [2.05, 4.69) is 16.3 Å². The molecule has 0 unspecified atom stereocenters. The van der Waals surface area contributed by atoms with Gasteiger partial charge in [0.2, 0.25) is 0 Å². The highest BCUT2D eigenvalue weighted by molar-refractivity contribution is 6.10. The monoisotopic (exact) mass is 447 g/mol. The van der Waals surface area contributed by atoms with Crippen LogP contribution in [-0.2, 0) is 18.3 Å². The second kappa shape index (κ2) is 9.53. The molecule has 1 aliphatic rings. The lowest BCUT2D eigenvalue weighted by Gasteiger charge is -2.27. The van der Waals surface area contributed by atoms with Gasteiger partial charge in [0.15, 0.2) is 0 Å². The van der Waals surface area contributed by atoms with Crippen LogP contribution in [0.5, 0.6) is 5.75 Å². The number of phenolic OH excluding ortho intramolecular Hbond substituents is 1. The summed E-state index contributed by atoms with van der Waals surface area (Å²) in [6.07, 6.45) is 1.94. The second-order valence-electron chi connectivity index (χ2n) is 8.36. The van der Waals surface area contributed by atoms with E-state index in [1.165, 1.54) is 12.1 Å². The first kappa shape index (κ1) is 22.6. The Morgan fingerprint density at radius 3 is 2.48 bits per heavy atom. The van der Waals surface area contributed by atoms with Crippen LogP contribution in [0.2, 0.25) is 0 Å². The number of nitrogens with zero attached hydrogens (tertiary/aromatic N) is 4. The lowest BCUT2D eigenvalue weighted by atomic mass is 10.0. The summed E-state index contributed by atoms with van der Waals surface area (Å²) in [5.74, 6) is -0.0876. The normalized spacial score (nSPS) is 14.2. The van der Waals surface area contributed by atoms with Crippen LogP contribution in [0, 0.1) is 25.2 Å². The molecular formula is C25H29N5O3. The summed E-state index contributed by atoms with van der Waals surface area (Å²) in [6, 6.07) is 10.6. The standard InChI is InChI=1S/C25H29N5O3/c1-17-22(14-20(15-26)30(17)9-8-29-10-12-33-13-11-29)23-16-28(3)18(2)24(23)25(32)27-19-4-6-21(31)7-5-19/h4-7,14,16,31H,8-13H2,1-3H3,(H,27,32). The van der Waals surface area contributed by atoms with Gasteiger partial charge in [-0.3, -0.25) is 9.69 Å². The van der Waals surface area contributed by atoms with Gasteiger partial charge in [0.25, 0.3) is 5.91 Å². The van der Waals surface area contributed by atoms with Crippen molar-refractivity contribution in [3.8, 4) is 22.9 Å². The number of benzene rings is 1. The number of ether oxygens (including phenoxy) is 1. The molecule has 1 fully saturated rings. The van der Waals surface area contributed by atoms with Crippen LogP contribution < -0.4 is 5.32 Å². The Morgan fingerprint density at radius 1 is 1.12 bits per heavy atom. The first-order chi connectivity index (χ1) is 15.9. The highest BCUT2D eigenvalue weighted by Gasteiger charge is 2.24. The number of phenols is 1. The summed E-state index contributed by atoms with van der Waals surface area (Å²) >= 11 is 0. The van der Waals surface area contributed by atoms with Crippen molar-refractivity contribution in [2.24, 2.45) is 7.05 Å². The van der Waals surface area contributed by atoms with E-state index < -0.39 is 0 Å². The average Bonchev–Trinajstić information content (AvgIpc) is 3.29. The van der Waals surface area contributed by atoms with Crippen molar-refractivity contribution >= 4 is 11.6 Å². The van der Waals surface area contributed by atoms with Gasteiger partial charge >= 0.3 is 0 Å². The number of anilines is 1. The molecule has 0 radical (unpaired) electrons. The van der Waals surface area contributed by atoms with Crippen LogP contribution in [0.1, 0.15) is 27.4 Å². The number of rotatable bonds is 6. The predicted molar refractivity (Wildman–Crippen MR) is 126 cm³/mol. The van der Waals surface area contributed by atoms with Crippen LogP contribution in [0.25, 0.3) is 11.1 Å². The number of aryl methyl sites for hydroxylation is 1. The van der Waals surface area contributed by atoms with Gasteiger partial charge < -0.3 is 24.3 Å². The molecule has 1 aromatic carbocycles. The Kier molecular flexibility index (Phi) is 6.54. The van der Waals surface area contributed by atoms with Gasteiger partial charge in [-0.2, -0.15) is 5.26 Å². The molecule has 172 valence electrons. The minimum Gasteiger partial charge on any atom is -0.508 e. The van der Waals surface area contributed by atoms with Crippen molar-refractivity contribution in [3.05, 3.63) is 59.2 Å². The number of aromatic nitrogens is 2. The van der Waals surface area contributed by atoms with Gasteiger partial charge in [0, 0.05) is 67.6 Å². The zero-order chi connectivity index (χ0) is 23.5. The smallest absolute Gasteiger partial charge is 0.258 e. The molecule has 0 atom stereocenters. The lowest BCUT2D eigenvalue weighted by Crippen LogP contribution is -2.38. The van der Waals surface area contributed by atoms with E-state index in [1.54, 1.807) is 12.1 Å². The van der Waals surface area contributed by atoms with E-state index in [1.807, 2.05) is 42.3 Å². The molecule has 4 rings (SSSR count). The highest BCUT2D eigenvalue weighted by atomic mass is 16.5. The van der Waals surface area contributed by atoms with Crippen LogP contribution in [0.3, 0.4) is 0 Å². The largest absolute Gasteiger partial charge is 0.508 e. The van der Waals surface area contributed by atoms with Crippen LogP contribution in [-0.4, -0.2) is 57.9 Å². The van der Waals surface area contributed by atoms with Crippen molar-refractivity contribution in [1.82, 2.24) is 14.0 Å². The number of hydrogen-bond donors (Lipinski definition) is 2. The summed E-state index contributed by atoms with van der Waals surface area (Å²) in [4.78, 5) is 15.6. The number of nitrogens with one attached hydrogen (secondary N) is 1. The van der Waals surface area contributed by atoms with Crippen molar-refractivity contribution in [1.29, 1.82) is 5.26 Å². The number of amides is 1. The molecule has 2 N–H and O–H groups in total. The molecule has 1 saturated heterocycles. The Balaban J connectivity index is 1.65. The molecule has 1 aliphatic heterocycles. The molecule has 0 aliphatic carbocycles. The molecule has 3 aromatic rings. The minimum absolute atomic E-state index is 0.141. The minimum atomic E-state index is -0.229. The Labute approximate surface area is 193 Å². The molecule has 3 heterocycles. The predicted octanol–water partition coefficient (Wildman–Crippen LogP) is 3.27. The molecule has 1 amide bonds. The molecule has 0 saturated carbocycles. The molecular weight excluding hydrogens is 418 g/mol. The number of carbonyl (C=O) groups excluding carboxylic acids is 1. The SMILES string of the molecule is Cc1c(C(=O)Nc2ccc(O)cc2)c(-c2cc(C#N)n(CCN3CCOCC3)c2C)cn1C. The molecule has 33 heavy (non-hydrogen) atoms. The lowest BCUT2D eigenvalue weighted by molar-refractivity contribution is 0.0363. The number of carbonyl (C=O) groups is 1. The molecule has 8 heteroatoms. The molecule has 0 bridgehead atoms. The Bertz CT molecular complexity index is 1190. The maximum atomic E-state index is 13.3. The van der Waals surface area contributed by atoms with Gasteiger partial charge in [0.05, 0.1) is 18.8 Å². The van der Waals surface area contributed by atoms with Crippen LogP contribution >= 0.6 is 0 Å². The van der Waals surface area contributed by atoms with Gasteiger partial charge in [-0.05, 0) is 44.2 Å². The highest BCUT2D eigenvalue weighted by Crippen LogP contribution is 2.33. The third-order valence-electron chi connectivity index (χ3n) is 6.35. The fraction of sp³-hybridized carbons (Fsp3) is 0.360. The third-order valence-corrected chi connectivity index (χ3v) is 6.35. The number of hydrogen-bond acceptors (Lipinski definition) is 5. The maximum Gasteiger partial charge on any atom is 0.258 e. The van der Waals surface area contributed by atoms with Gasteiger partial charge in [0.1, 0.15) is 17.5 Å². The summed E-state index contributed by atoms with van der Waals surface area (Å²) in [7, 11) is 1.91. The van der Waals surface area contributed by atoms with Gasteiger partial charge in [-0.25, -0.2) is 0 Å². The van der Waals surface area contributed by atoms with Gasteiger partial charge in [-0.15, -0.1) is 0 Å². The fourth-order valence-electron chi connectivity index (χ4n) is 4.32.